The Morgan fingerprint density at radius 2 is 2.05 bits per heavy atom. The van der Waals surface area contributed by atoms with E-state index in [4.69, 9.17) is 0 Å². The molecule has 1 heterocycles. The van der Waals surface area contributed by atoms with E-state index in [1.54, 1.807) is 4.90 Å². The second-order valence-corrected chi connectivity index (χ2v) is 6.28. The average molecular weight is 355 g/mol. The van der Waals surface area contributed by atoms with Gasteiger partial charge in [0.25, 0.3) is 0 Å². The van der Waals surface area contributed by atoms with Gasteiger partial charge in [-0.2, -0.15) is 0 Å². The molecule has 2 N–H and O–H groups in total. The summed E-state index contributed by atoms with van der Waals surface area (Å²) in [5.41, 5.74) is 0.0481. The maximum Gasteiger partial charge on any atom is 0.321 e. The van der Waals surface area contributed by atoms with Gasteiger partial charge in [-0.1, -0.05) is 28.9 Å². The number of hydrogen-bond donors (Lipinski definition) is 2. The molecular weight excluding hydrogens is 336 g/mol. The first-order valence-electron chi connectivity index (χ1n) is 7.02. The highest BCUT2D eigenvalue weighted by molar-refractivity contribution is 9.10. The lowest BCUT2D eigenvalue weighted by molar-refractivity contribution is -0.151. The first kappa shape index (κ1) is 15.8. The van der Waals surface area contributed by atoms with Crippen molar-refractivity contribution >= 4 is 33.6 Å². The van der Waals surface area contributed by atoms with E-state index in [0.717, 1.165) is 10.2 Å². The number of carboxylic acid groups (broad SMARTS) is 1. The number of rotatable bonds is 3. The Hall–Kier alpha value is -1.56. The van der Waals surface area contributed by atoms with Gasteiger partial charge in [-0.15, -0.1) is 0 Å². The molecule has 0 unspecified atom stereocenters. The Morgan fingerprint density at radius 3 is 2.57 bits per heavy atom. The number of hydrogen-bond acceptors (Lipinski definition) is 2. The van der Waals surface area contributed by atoms with Crippen LogP contribution in [0.25, 0.3) is 0 Å². The summed E-state index contributed by atoms with van der Waals surface area (Å²) in [7, 11) is 0. The van der Waals surface area contributed by atoms with Crippen molar-refractivity contribution in [1.82, 2.24) is 4.90 Å². The number of anilines is 1. The number of carbonyl (C=O) groups excluding carboxylic acids is 1. The number of halogens is 1. The maximum absolute atomic E-state index is 12.2. The Bertz CT molecular complexity index is 539. The van der Waals surface area contributed by atoms with Gasteiger partial charge in [0.1, 0.15) is 0 Å². The number of amides is 2. The molecule has 1 saturated heterocycles. The van der Waals surface area contributed by atoms with Gasteiger partial charge in [-0.3, -0.25) is 4.79 Å². The first-order valence-corrected chi connectivity index (χ1v) is 7.81. The van der Waals surface area contributed by atoms with Crippen molar-refractivity contribution in [2.75, 3.05) is 18.4 Å². The van der Waals surface area contributed by atoms with Gasteiger partial charge in [-0.05, 0) is 37.5 Å². The van der Waals surface area contributed by atoms with Crippen LogP contribution >= 0.6 is 15.9 Å². The van der Waals surface area contributed by atoms with Gasteiger partial charge in [0.05, 0.1) is 5.41 Å². The van der Waals surface area contributed by atoms with Crippen LogP contribution in [0, 0.1) is 5.41 Å². The summed E-state index contributed by atoms with van der Waals surface area (Å²) in [4.78, 5) is 25.3. The predicted molar refractivity (Wildman–Crippen MR) is 84.3 cm³/mol. The minimum absolute atomic E-state index is 0.178. The third kappa shape index (κ3) is 3.56. The van der Waals surface area contributed by atoms with Crippen LogP contribution in [0.3, 0.4) is 0 Å². The number of benzene rings is 1. The number of carbonyl (C=O) groups is 2. The van der Waals surface area contributed by atoms with Crippen LogP contribution in [-0.4, -0.2) is 35.1 Å². The molecule has 114 valence electrons. The molecule has 1 aliphatic rings. The minimum atomic E-state index is -0.753. The topological polar surface area (TPSA) is 69.6 Å². The lowest BCUT2D eigenvalue weighted by Gasteiger charge is -2.38. The minimum Gasteiger partial charge on any atom is -0.481 e. The van der Waals surface area contributed by atoms with Gasteiger partial charge in [0.2, 0.25) is 0 Å². The van der Waals surface area contributed by atoms with Crippen molar-refractivity contribution in [2.45, 2.75) is 26.2 Å². The molecule has 1 aromatic rings. The van der Waals surface area contributed by atoms with Crippen LogP contribution in [0.15, 0.2) is 28.7 Å². The van der Waals surface area contributed by atoms with Crippen molar-refractivity contribution in [3.63, 3.8) is 0 Å². The Labute approximate surface area is 132 Å². The SMILES string of the molecule is CCC1(C(=O)O)CCN(C(=O)Nc2cccc(Br)c2)CC1. The molecule has 2 amide bonds. The monoisotopic (exact) mass is 354 g/mol. The van der Waals surface area contributed by atoms with Crippen molar-refractivity contribution in [1.29, 1.82) is 0 Å². The standard InChI is InChI=1S/C15H19BrN2O3/c1-2-15(13(19)20)6-8-18(9-7-15)14(21)17-12-5-3-4-11(16)10-12/h3-5,10H,2,6-9H2,1H3,(H,17,21)(H,19,20). The molecule has 0 aromatic heterocycles. The van der Waals surface area contributed by atoms with Crippen LogP contribution in [0.1, 0.15) is 26.2 Å². The van der Waals surface area contributed by atoms with Crippen molar-refractivity contribution < 1.29 is 14.7 Å². The van der Waals surface area contributed by atoms with Crippen LogP contribution in [-0.2, 0) is 4.79 Å². The molecule has 0 bridgehead atoms. The number of nitrogens with zero attached hydrogens (tertiary/aromatic N) is 1. The van der Waals surface area contributed by atoms with Crippen LogP contribution < -0.4 is 5.32 Å². The highest BCUT2D eigenvalue weighted by Crippen LogP contribution is 2.35. The highest BCUT2D eigenvalue weighted by Gasteiger charge is 2.40. The van der Waals surface area contributed by atoms with Crippen molar-refractivity contribution in [3.8, 4) is 0 Å². The zero-order chi connectivity index (χ0) is 15.5. The molecule has 21 heavy (non-hydrogen) atoms. The molecule has 0 aliphatic carbocycles. The van der Waals surface area contributed by atoms with Gasteiger partial charge < -0.3 is 15.3 Å². The fourth-order valence-corrected chi connectivity index (χ4v) is 3.02. The van der Waals surface area contributed by atoms with E-state index in [1.165, 1.54) is 0 Å². The summed E-state index contributed by atoms with van der Waals surface area (Å²) in [6.45, 7) is 2.84. The molecule has 0 atom stereocenters. The second-order valence-electron chi connectivity index (χ2n) is 5.37. The second kappa shape index (κ2) is 6.47. The lowest BCUT2D eigenvalue weighted by Crippen LogP contribution is -2.47. The van der Waals surface area contributed by atoms with Crippen LogP contribution in [0.4, 0.5) is 10.5 Å². The van der Waals surface area contributed by atoms with E-state index in [2.05, 4.69) is 21.2 Å². The van der Waals surface area contributed by atoms with Gasteiger partial charge in [0.15, 0.2) is 0 Å². The fourth-order valence-electron chi connectivity index (χ4n) is 2.63. The summed E-state index contributed by atoms with van der Waals surface area (Å²) in [5, 5.41) is 12.2. The number of carboxylic acids is 1. The molecule has 0 radical (unpaired) electrons. The van der Waals surface area contributed by atoms with E-state index < -0.39 is 11.4 Å². The zero-order valence-electron chi connectivity index (χ0n) is 11.9. The quantitative estimate of drug-likeness (QED) is 0.871. The molecule has 1 aliphatic heterocycles. The van der Waals surface area contributed by atoms with E-state index in [0.29, 0.717) is 32.4 Å². The Balaban J connectivity index is 1.96. The smallest absolute Gasteiger partial charge is 0.321 e. The maximum atomic E-state index is 12.2. The summed E-state index contributed by atoms with van der Waals surface area (Å²) < 4.78 is 0.898. The summed E-state index contributed by atoms with van der Waals surface area (Å²) in [5.74, 6) is -0.753. The molecule has 1 fully saturated rings. The van der Waals surface area contributed by atoms with Gasteiger partial charge in [0, 0.05) is 23.2 Å². The van der Waals surface area contributed by atoms with Crippen LogP contribution in [0.2, 0.25) is 0 Å². The van der Waals surface area contributed by atoms with Gasteiger partial charge >= 0.3 is 12.0 Å². The first-order chi connectivity index (χ1) is 9.97. The van der Waals surface area contributed by atoms with E-state index >= 15 is 0 Å². The largest absolute Gasteiger partial charge is 0.481 e. The molecule has 6 heteroatoms. The average Bonchev–Trinajstić information content (AvgIpc) is 2.47. The van der Waals surface area contributed by atoms with E-state index in [-0.39, 0.29) is 6.03 Å². The number of likely N-dealkylation sites (tertiary alicyclic amines) is 1. The van der Waals surface area contributed by atoms with Crippen molar-refractivity contribution in [3.05, 3.63) is 28.7 Å². The van der Waals surface area contributed by atoms with Gasteiger partial charge in [-0.25, -0.2) is 4.79 Å². The zero-order valence-corrected chi connectivity index (χ0v) is 13.5. The summed E-state index contributed by atoms with van der Waals surface area (Å²) >= 11 is 3.36. The number of urea groups is 1. The lowest BCUT2D eigenvalue weighted by atomic mass is 9.76. The highest BCUT2D eigenvalue weighted by atomic mass is 79.9. The molecule has 1 aromatic carbocycles. The molecule has 0 spiro atoms. The number of piperidine rings is 1. The summed E-state index contributed by atoms with van der Waals surface area (Å²) in [6, 6.07) is 7.21. The molecule has 2 rings (SSSR count). The van der Waals surface area contributed by atoms with Crippen LogP contribution in [0.5, 0.6) is 0 Å². The fraction of sp³-hybridized carbons (Fsp3) is 0.467. The number of aliphatic carboxylic acids is 1. The normalized spacial score (nSPS) is 17.3. The molecule has 0 saturated carbocycles. The Kier molecular flexibility index (Phi) is 4.88. The summed E-state index contributed by atoms with van der Waals surface area (Å²) in [6.07, 6.45) is 1.61. The molecule has 5 nitrogen and oxygen atoms in total. The third-order valence-corrected chi connectivity index (χ3v) is 4.71. The van der Waals surface area contributed by atoms with E-state index in [9.17, 15) is 14.7 Å². The number of nitrogens with one attached hydrogen (secondary N) is 1. The van der Waals surface area contributed by atoms with E-state index in [1.807, 2.05) is 31.2 Å². The predicted octanol–water partition coefficient (Wildman–Crippen LogP) is 3.56. The van der Waals surface area contributed by atoms with Crippen molar-refractivity contribution in [2.24, 2.45) is 5.41 Å². The third-order valence-electron chi connectivity index (χ3n) is 4.21. The molecular formula is C15H19BrN2O3. The Morgan fingerprint density at radius 1 is 1.38 bits per heavy atom.